The Balaban J connectivity index is 4.38. The Morgan fingerprint density at radius 2 is 1.81 bits per heavy atom. The van der Waals surface area contributed by atoms with Crippen LogP contribution in [-0.4, -0.2) is 30.6 Å². The molecule has 0 aromatic heterocycles. The summed E-state index contributed by atoms with van der Waals surface area (Å²) in [6.07, 6.45) is -0.969. The third-order valence-corrected chi connectivity index (χ3v) is 3.01. The molecular weight excluding hydrogens is 261 g/mol. The smallest absolute Gasteiger partial charge is 0.340 e. The number of allylic oxidation sites excluding steroid dienone is 2. The number of hydrogen-bond acceptors (Lipinski definition) is 2. The summed E-state index contributed by atoms with van der Waals surface area (Å²) in [6, 6.07) is 0. The monoisotopic (exact) mass is 276 g/mol. The first kappa shape index (κ1) is 15.9. The van der Waals surface area contributed by atoms with Crippen LogP contribution >= 0.6 is 23.2 Å². The number of methoxy groups -OCH3 is 1. The molecule has 2 unspecified atom stereocenters. The normalized spacial score (nSPS) is 15.5. The fourth-order valence-corrected chi connectivity index (χ4v) is 1.15. The molecule has 0 aromatic carbocycles. The lowest BCUT2D eigenvalue weighted by molar-refractivity contribution is -0.0214. The minimum atomic E-state index is -3.52. The molecule has 0 saturated heterocycles. The molecule has 0 aliphatic heterocycles. The molecule has 96 valence electrons. The fraction of sp³-hybridized carbons (Fsp3) is 0.800. The van der Waals surface area contributed by atoms with Gasteiger partial charge in [0.25, 0.3) is 0 Å². The van der Waals surface area contributed by atoms with Crippen molar-refractivity contribution in [2.24, 2.45) is 0 Å². The molecule has 0 fully saturated rings. The Kier molecular flexibility index (Phi) is 6.60. The van der Waals surface area contributed by atoms with Crippen molar-refractivity contribution in [2.45, 2.75) is 37.6 Å². The molecule has 0 radical (unpaired) electrons. The standard InChI is InChI=1S/C10H16Cl2F2O2/c1-6(2)7(3)16-5-8(15-4)9(11)10(12,13)14/h8-9H,5H2,1-4H3. The number of rotatable bonds is 6. The van der Waals surface area contributed by atoms with Crippen LogP contribution in [0.1, 0.15) is 20.8 Å². The Morgan fingerprint density at radius 1 is 1.31 bits per heavy atom. The number of halogens is 4. The lowest BCUT2D eigenvalue weighted by atomic mass is 10.2. The first-order chi connectivity index (χ1) is 7.20. The maximum Gasteiger partial charge on any atom is 0.340 e. The Hall–Kier alpha value is -0.0600. The molecule has 0 rings (SSSR count). The minimum Gasteiger partial charge on any atom is -0.496 e. The van der Waals surface area contributed by atoms with Gasteiger partial charge < -0.3 is 9.47 Å². The van der Waals surface area contributed by atoms with E-state index in [9.17, 15) is 8.78 Å². The van der Waals surface area contributed by atoms with Crippen LogP contribution in [0.15, 0.2) is 11.3 Å². The van der Waals surface area contributed by atoms with E-state index in [2.05, 4.69) is 0 Å². The highest BCUT2D eigenvalue weighted by molar-refractivity contribution is 6.31. The van der Waals surface area contributed by atoms with Gasteiger partial charge in [-0.3, -0.25) is 0 Å². The van der Waals surface area contributed by atoms with Gasteiger partial charge in [-0.2, -0.15) is 8.78 Å². The number of ether oxygens (including phenoxy) is 2. The molecule has 0 N–H and O–H groups in total. The van der Waals surface area contributed by atoms with Crippen molar-refractivity contribution >= 4 is 23.2 Å². The molecule has 0 bridgehead atoms. The molecular formula is C10H16Cl2F2O2. The van der Waals surface area contributed by atoms with Crippen molar-refractivity contribution in [3.63, 3.8) is 0 Å². The van der Waals surface area contributed by atoms with Crippen LogP contribution in [0.25, 0.3) is 0 Å². The zero-order chi connectivity index (χ0) is 12.9. The lowest BCUT2D eigenvalue weighted by Crippen LogP contribution is -2.38. The Bertz CT molecular complexity index is 248. The van der Waals surface area contributed by atoms with Crippen LogP contribution in [0.4, 0.5) is 8.78 Å². The van der Waals surface area contributed by atoms with Gasteiger partial charge in [0.05, 0.1) is 5.76 Å². The van der Waals surface area contributed by atoms with Gasteiger partial charge in [-0.15, -0.1) is 11.6 Å². The van der Waals surface area contributed by atoms with E-state index >= 15 is 0 Å². The van der Waals surface area contributed by atoms with E-state index in [1.165, 1.54) is 7.11 Å². The summed E-state index contributed by atoms with van der Waals surface area (Å²) in [7, 11) is 1.28. The molecule has 2 atom stereocenters. The van der Waals surface area contributed by atoms with Crippen molar-refractivity contribution in [3.8, 4) is 0 Å². The second-order valence-corrected chi connectivity index (χ2v) is 4.56. The van der Waals surface area contributed by atoms with Crippen molar-refractivity contribution in [2.75, 3.05) is 13.7 Å². The molecule has 0 amide bonds. The summed E-state index contributed by atoms with van der Waals surface area (Å²) in [5.41, 5.74) is 0.957. The zero-order valence-corrected chi connectivity index (χ0v) is 11.2. The number of hydrogen-bond donors (Lipinski definition) is 0. The summed E-state index contributed by atoms with van der Waals surface area (Å²) in [6.45, 7) is 5.38. The predicted molar refractivity (Wildman–Crippen MR) is 61.2 cm³/mol. The molecule has 16 heavy (non-hydrogen) atoms. The van der Waals surface area contributed by atoms with Gasteiger partial charge in [0.2, 0.25) is 0 Å². The zero-order valence-electron chi connectivity index (χ0n) is 9.69. The van der Waals surface area contributed by atoms with E-state index in [1.54, 1.807) is 6.92 Å². The SMILES string of the molecule is COC(COC(C)=C(C)C)C(Cl)C(F)(F)Cl. The molecule has 6 heteroatoms. The first-order valence-corrected chi connectivity index (χ1v) is 5.52. The highest BCUT2D eigenvalue weighted by Crippen LogP contribution is 2.31. The van der Waals surface area contributed by atoms with Crippen LogP contribution in [0.2, 0.25) is 0 Å². The molecule has 0 aliphatic carbocycles. The number of alkyl halides is 4. The van der Waals surface area contributed by atoms with Crippen LogP contribution in [-0.2, 0) is 9.47 Å². The van der Waals surface area contributed by atoms with Gasteiger partial charge in [-0.1, -0.05) is 0 Å². The minimum absolute atomic E-state index is 0.0655. The third kappa shape index (κ3) is 5.32. The largest absolute Gasteiger partial charge is 0.496 e. The van der Waals surface area contributed by atoms with Crippen LogP contribution in [0.3, 0.4) is 0 Å². The average Bonchev–Trinajstić information content (AvgIpc) is 2.16. The third-order valence-electron chi connectivity index (χ3n) is 2.11. The second kappa shape index (κ2) is 6.62. The average molecular weight is 277 g/mol. The van der Waals surface area contributed by atoms with E-state index in [1.807, 2.05) is 13.8 Å². The van der Waals surface area contributed by atoms with Crippen molar-refractivity contribution in [3.05, 3.63) is 11.3 Å². The van der Waals surface area contributed by atoms with E-state index in [-0.39, 0.29) is 6.61 Å². The molecule has 0 saturated carbocycles. The second-order valence-electron chi connectivity index (χ2n) is 3.58. The van der Waals surface area contributed by atoms with Crippen molar-refractivity contribution in [1.82, 2.24) is 0 Å². The predicted octanol–water partition coefficient (Wildman–Crippen LogP) is 3.77. The van der Waals surface area contributed by atoms with Crippen LogP contribution < -0.4 is 0 Å². The van der Waals surface area contributed by atoms with Gasteiger partial charge >= 0.3 is 5.38 Å². The first-order valence-electron chi connectivity index (χ1n) is 4.70. The van der Waals surface area contributed by atoms with Gasteiger partial charge in [-0.25, -0.2) is 0 Å². The Labute approximate surface area is 104 Å². The summed E-state index contributed by atoms with van der Waals surface area (Å²) >= 11 is 10.3. The highest BCUT2D eigenvalue weighted by Gasteiger charge is 2.42. The van der Waals surface area contributed by atoms with Gasteiger partial charge in [0.1, 0.15) is 18.1 Å². The molecule has 0 heterocycles. The molecule has 0 aliphatic rings. The van der Waals surface area contributed by atoms with Gasteiger partial charge in [-0.05, 0) is 37.9 Å². The van der Waals surface area contributed by atoms with E-state index < -0.39 is 16.9 Å². The van der Waals surface area contributed by atoms with Crippen LogP contribution in [0.5, 0.6) is 0 Å². The van der Waals surface area contributed by atoms with Crippen molar-refractivity contribution in [1.29, 1.82) is 0 Å². The summed E-state index contributed by atoms with van der Waals surface area (Å²) in [5.74, 6) is 0.656. The maximum absolute atomic E-state index is 12.7. The van der Waals surface area contributed by atoms with Crippen LogP contribution in [0, 0.1) is 0 Å². The maximum atomic E-state index is 12.7. The van der Waals surface area contributed by atoms with Gasteiger partial charge in [0, 0.05) is 7.11 Å². The van der Waals surface area contributed by atoms with Gasteiger partial charge in [0.15, 0.2) is 0 Å². The molecule has 0 spiro atoms. The van der Waals surface area contributed by atoms with E-state index in [0.717, 1.165) is 5.57 Å². The van der Waals surface area contributed by atoms with E-state index in [4.69, 9.17) is 32.7 Å². The fourth-order valence-electron chi connectivity index (χ4n) is 0.834. The quantitative estimate of drug-likeness (QED) is 0.543. The molecule has 0 aromatic rings. The summed E-state index contributed by atoms with van der Waals surface area (Å²) in [5, 5.41) is -5.16. The Morgan fingerprint density at radius 3 is 2.12 bits per heavy atom. The lowest BCUT2D eigenvalue weighted by Gasteiger charge is -2.24. The summed E-state index contributed by atoms with van der Waals surface area (Å²) in [4.78, 5) is 0. The highest BCUT2D eigenvalue weighted by atomic mass is 35.5. The molecule has 2 nitrogen and oxygen atoms in total. The summed E-state index contributed by atoms with van der Waals surface area (Å²) < 4.78 is 35.5. The van der Waals surface area contributed by atoms with Crippen molar-refractivity contribution < 1.29 is 18.3 Å². The van der Waals surface area contributed by atoms with E-state index in [0.29, 0.717) is 5.76 Å². The topological polar surface area (TPSA) is 18.5 Å².